The molecule has 2 atom stereocenters. The zero-order valence-electron chi connectivity index (χ0n) is 17.4. The summed E-state index contributed by atoms with van der Waals surface area (Å²) >= 11 is 0. The van der Waals surface area contributed by atoms with E-state index in [1.54, 1.807) is 23.0 Å². The van der Waals surface area contributed by atoms with Crippen molar-refractivity contribution in [3.05, 3.63) is 48.8 Å². The fourth-order valence-electron chi connectivity index (χ4n) is 5.16. The van der Waals surface area contributed by atoms with Gasteiger partial charge in [0.05, 0.1) is 6.20 Å². The molecule has 2 aliphatic rings. The van der Waals surface area contributed by atoms with E-state index in [0.717, 1.165) is 24.0 Å². The second kappa shape index (κ2) is 7.09. The van der Waals surface area contributed by atoms with Gasteiger partial charge in [0.15, 0.2) is 5.82 Å². The van der Waals surface area contributed by atoms with E-state index in [0.29, 0.717) is 11.7 Å². The first-order valence-electron chi connectivity index (χ1n) is 10.5. The summed E-state index contributed by atoms with van der Waals surface area (Å²) in [6.45, 7) is 4.60. The Kier molecular flexibility index (Phi) is 4.50. The molecule has 0 radical (unpaired) electrons. The molecular weight excluding hydrogens is 378 g/mol. The van der Waals surface area contributed by atoms with Gasteiger partial charge < -0.3 is 15.2 Å². The van der Waals surface area contributed by atoms with E-state index < -0.39 is 0 Å². The number of piperidine rings is 2. The van der Waals surface area contributed by atoms with E-state index in [9.17, 15) is 5.11 Å². The Morgan fingerprint density at radius 1 is 1.07 bits per heavy atom. The smallest absolute Gasteiger partial charge is 0.233 e. The lowest BCUT2D eigenvalue weighted by atomic mass is 9.70. The molecule has 7 nitrogen and oxygen atoms in total. The van der Waals surface area contributed by atoms with Crippen molar-refractivity contribution in [2.75, 3.05) is 0 Å². The molecule has 5 rings (SSSR count). The van der Waals surface area contributed by atoms with Crippen molar-refractivity contribution in [2.45, 2.75) is 63.1 Å². The number of para-hydroxylation sites is 1. The van der Waals surface area contributed by atoms with Gasteiger partial charge in [-0.25, -0.2) is 4.68 Å². The Bertz CT molecular complexity index is 1030. The summed E-state index contributed by atoms with van der Waals surface area (Å²) < 4.78 is 7.88. The van der Waals surface area contributed by atoms with Gasteiger partial charge in [0.25, 0.3) is 0 Å². The van der Waals surface area contributed by atoms with Crippen LogP contribution in [-0.2, 0) is 0 Å². The summed E-state index contributed by atoms with van der Waals surface area (Å²) in [4.78, 5) is 0. The first-order valence-corrected chi connectivity index (χ1v) is 10.5. The lowest BCUT2D eigenvalue weighted by molar-refractivity contribution is 0.00725. The van der Waals surface area contributed by atoms with Gasteiger partial charge in [0.2, 0.25) is 5.88 Å². The number of aromatic hydroxyl groups is 1. The summed E-state index contributed by atoms with van der Waals surface area (Å²) in [6.07, 6.45) is 9.28. The van der Waals surface area contributed by atoms with Crippen molar-refractivity contribution in [3.63, 3.8) is 0 Å². The van der Waals surface area contributed by atoms with Crippen molar-refractivity contribution in [1.29, 1.82) is 0 Å². The number of benzene rings is 1. The first-order chi connectivity index (χ1) is 14.4. The van der Waals surface area contributed by atoms with Crippen LogP contribution < -0.4 is 10.1 Å². The lowest BCUT2D eigenvalue weighted by Crippen LogP contribution is -2.65. The maximum atomic E-state index is 10.0. The molecule has 2 N–H and O–H groups in total. The van der Waals surface area contributed by atoms with E-state index >= 15 is 0 Å². The summed E-state index contributed by atoms with van der Waals surface area (Å²) in [5, 5.41) is 26.8. The topological polar surface area (TPSA) is 85.1 Å². The number of aromatic nitrogens is 4. The minimum absolute atomic E-state index is 0.137. The maximum Gasteiger partial charge on any atom is 0.233 e. The Balaban J connectivity index is 1.30. The van der Waals surface area contributed by atoms with Gasteiger partial charge in [-0.1, -0.05) is 18.2 Å². The second-order valence-corrected chi connectivity index (χ2v) is 9.17. The molecule has 4 heterocycles. The Morgan fingerprint density at radius 3 is 2.53 bits per heavy atom. The summed E-state index contributed by atoms with van der Waals surface area (Å²) in [5.74, 6) is 1.37. The van der Waals surface area contributed by atoms with Crippen LogP contribution in [0.15, 0.2) is 48.8 Å². The number of nitrogens with zero attached hydrogens (tertiary/aromatic N) is 4. The number of ether oxygens (including phenoxy) is 1. The largest absolute Gasteiger partial charge is 0.507 e. The average molecular weight is 406 g/mol. The molecule has 2 fully saturated rings. The number of phenols is 1. The van der Waals surface area contributed by atoms with Crippen LogP contribution in [0.3, 0.4) is 0 Å². The fourth-order valence-corrected chi connectivity index (χ4v) is 5.16. The zero-order chi connectivity index (χ0) is 20.8. The van der Waals surface area contributed by atoms with E-state index in [4.69, 9.17) is 4.74 Å². The van der Waals surface area contributed by atoms with Crippen LogP contribution in [0.1, 0.15) is 46.0 Å². The molecule has 3 aromatic rings. The van der Waals surface area contributed by atoms with Crippen LogP contribution in [0.25, 0.3) is 16.9 Å². The minimum Gasteiger partial charge on any atom is -0.507 e. The zero-order valence-corrected chi connectivity index (χ0v) is 17.4. The number of nitrogens with one attached hydrogen (secondary N) is 1. The van der Waals surface area contributed by atoms with Gasteiger partial charge in [0, 0.05) is 47.3 Å². The number of phenolic OH excluding ortho intramolecular Hbond substituents is 1. The van der Waals surface area contributed by atoms with Crippen LogP contribution in [-0.4, -0.2) is 42.3 Å². The average Bonchev–Trinajstić information content (AvgIpc) is 3.17. The molecule has 0 amide bonds. The van der Waals surface area contributed by atoms with Crippen molar-refractivity contribution >= 4 is 0 Å². The van der Waals surface area contributed by atoms with E-state index in [2.05, 4.69) is 34.5 Å². The van der Waals surface area contributed by atoms with Crippen LogP contribution in [0.5, 0.6) is 11.6 Å². The Labute approximate surface area is 176 Å². The first kappa shape index (κ1) is 19.1. The van der Waals surface area contributed by atoms with Gasteiger partial charge in [0.1, 0.15) is 11.9 Å². The quantitative estimate of drug-likeness (QED) is 0.685. The van der Waals surface area contributed by atoms with Gasteiger partial charge in [-0.05, 0) is 45.2 Å². The molecule has 7 heteroatoms. The molecule has 2 saturated heterocycles. The molecular formula is C23H27N5O2. The van der Waals surface area contributed by atoms with Crippen molar-refractivity contribution in [3.8, 4) is 28.6 Å². The highest BCUT2D eigenvalue weighted by Crippen LogP contribution is 2.40. The third-order valence-electron chi connectivity index (χ3n) is 6.36. The third-order valence-corrected chi connectivity index (χ3v) is 6.36. The van der Waals surface area contributed by atoms with Gasteiger partial charge in [-0.15, -0.1) is 10.2 Å². The molecule has 0 aliphatic carbocycles. The van der Waals surface area contributed by atoms with Crippen LogP contribution >= 0.6 is 0 Å². The number of rotatable bonds is 4. The normalized spacial score (nSPS) is 28.3. The highest BCUT2D eigenvalue weighted by atomic mass is 16.5. The molecule has 2 bridgehead atoms. The van der Waals surface area contributed by atoms with Crippen LogP contribution in [0, 0.1) is 0 Å². The predicted molar refractivity (Wildman–Crippen MR) is 114 cm³/mol. The number of hydrogen-bond donors (Lipinski definition) is 2. The van der Waals surface area contributed by atoms with Crippen molar-refractivity contribution < 1.29 is 9.84 Å². The van der Waals surface area contributed by atoms with Gasteiger partial charge in [-0.2, -0.15) is 5.10 Å². The standard InChI is InChI=1S/C23H27N5O2/c1-22-10-5-11-23(2,27-22)13-17(12-22)30-21-9-8-20(25-26-21)28-15-16(14-24-28)18-6-3-4-7-19(18)29/h3-4,6-9,14-15,17,27,29H,5,10-13H2,1-2H3. The molecule has 2 aromatic heterocycles. The molecule has 0 saturated carbocycles. The molecule has 2 aliphatic heterocycles. The van der Waals surface area contributed by atoms with Crippen molar-refractivity contribution in [2.24, 2.45) is 0 Å². The van der Waals surface area contributed by atoms with Gasteiger partial charge in [-0.3, -0.25) is 0 Å². The van der Waals surface area contributed by atoms with Gasteiger partial charge >= 0.3 is 0 Å². The fraction of sp³-hybridized carbons (Fsp3) is 0.435. The van der Waals surface area contributed by atoms with Crippen molar-refractivity contribution in [1.82, 2.24) is 25.3 Å². The molecule has 156 valence electrons. The summed E-state index contributed by atoms with van der Waals surface area (Å²) in [6, 6.07) is 10.9. The maximum absolute atomic E-state index is 10.0. The second-order valence-electron chi connectivity index (χ2n) is 9.17. The van der Waals surface area contributed by atoms with E-state index in [-0.39, 0.29) is 22.9 Å². The molecule has 0 spiro atoms. The highest BCUT2D eigenvalue weighted by Gasteiger charge is 2.46. The van der Waals surface area contributed by atoms with Crippen LogP contribution in [0.2, 0.25) is 0 Å². The predicted octanol–water partition coefficient (Wildman–Crippen LogP) is 3.87. The van der Waals surface area contributed by atoms with E-state index in [1.807, 2.05) is 30.5 Å². The summed E-state index contributed by atoms with van der Waals surface area (Å²) in [5.41, 5.74) is 1.82. The number of fused-ring (bicyclic) bond motifs is 2. The lowest BCUT2D eigenvalue weighted by Gasteiger charge is -2.53. The van der Waals surface area contributed by atoms with E-state index in [1.165, 1.54) is 19.3 Å². The third kappa shape index (κ3) is 3.65. The Morgan fingerprint density at radius 2 is 1.83 bits per heavy atom. The molecule has 2 unspecified atom stereocenters. The molecule has 30 heavy (non-hydrogen) atoms. The SMILES string of the molecule is CC12CCCC(C)(CC(Oc3ccc(-n4cc(-c5ccccc5O)cn4)nn3)C1)N2. The minimum atomic E-state index is 0.137. The van der Waals surface area contributed by atoms with Crippen LogP contribution in [0.4, 0.5) is 0 Å². The summed E-state index contributed by atoms with van der Waals surface area (Å²) in [7, 11) is 0. The number of hydrogen-bond acceptors (Lipinski definition) is 6. The molecule has 1 aromatic carbocycles. The monoisotopic (exact) mass is 405 g/mol. The highest BCUT2D eigenvalue weighted by molar-refractivity contribution is 5.68. The Hall–Kier alpha value is -2.93.